The fraction of sp³-hybridized carbons (Fsp3) is 0.308. The molecule has 0 amide bonds. The molecule has 1 unspecified atom stereocenters. The van der Waals surface area contributed by atoms with Crippen LogP contribution in [0.1, 0.15) is 25.1 Å². The van der Waals surface area contributed by atoms with Gasteiger partial charge in [0.15, 0.2) is 0 Å². The maximum atomic E-state index is 5.96. The van der Waals surface area contributed by atoms with Gasteiger partial charge in [-0.15, -0.1) is 0 Å². The molecule has 3 N–H and O–H groups in total. The van der Waals surface area contributed by atoms with Gasteiger partial charge in [-0.3, -0.25) is 0 Å². The van der Waals surface area contributed by atoms with Gasteiger partial charge in [0.25, 0.3) is 0 Å². The third-order valence-electron chi connectivity index (χ3n) is 2.80. The van der Waals surface area contributed by atoms with Crippen LogP contribution in [-0.2, 0) is 0 Å². The molecule has 0 saturated heterocycles. The maximum absolute atomic E-state index is 5.96. The molecule has 0 bridgehead atoms. The fourth-order valence-electron chi connectivity index (χ4n) is 1.78. The van der Waals surface area contributed by atoms with Crippen LogP contribution in [-0.4, -0.2) is 16.5 Å². The summed E-state index contributed by atoms with van der Waals surface area (Å²) in [6, 6.07) is 7.73. The Morgan fingerprint density at radius 1 is 1.47 bits per heavy atom. The van der Waals surface area contributed by atoms with Crippen molar-refractivity contribution in [1.82, 2.24) is 9.97 Å². The van der Waals surface area contributed by atoms with Crippen molar-refractivity contribution in [2.24, 2.45) is 5.73 Å². The summed E-state index contributed by atoms with van der Waals surface area (Å²) in [6.45, 7) is 2.79. The van der Waals surface area contributed by atoms with E-state index in [1.807, 2.05) is 30.5 Å². The molecule has 2 rings (SSSR count). The Morgan fingerprint density at radius 3 is 3.00 bits per heavy atom. The van der Waals surface area contributed by atoms with Crippen molar-refractivity contribution >= 4 is 11.6 Å². The second-order valence-electron chi connectivity index (χ2n) is 4.17. The zero-order valence-corrected chi connectivity index (χ0v) is 10.5. The summed E-state index contributed by atoms with van der Waals surface area (Å²) < 4.78 is 0. The molecule has 2 aromatic rings. The van der Waals surface area contributed by atoms with Crippen molar-refractivity contribution in [3.8, 4) is 11.3 Å². The van der Waals surface area contributed by atoms with Crippen LogP contribution in [0.2, 0.25) is 5.02 Å². The van der Waals surface area contributed by atoms with Gasteiger partial charge in [-0.05, 0) is 25.1 Å². The number of nitrogens with two attached hydrogens (primary N) is 1. The first-order valence-electron chi connectivity index (χ1n) is 5.71. The summed E-state index contributed by atoms with van der Waals surface area (Å²) >= 11 is 5.96. The summed E-state index contributed by atoms with van der Waals surface area (Å²) in [5, 5.41) is 0.730. The number of hydrogen-bond acceptors (Lipinski definition) is 2. The van der Waals surface area contributed by atoms with Crippen molar-refractivity contribution in [2.45, 2.75) is 19.3 Å². The Morgan fingerprint density at radius 2 is 2.29 bits per heavy atom. The number of nitrogens with zero attached hydrogens (tertiary/aromatic N) is 1. The van der Waals surface area contributed by atoms with Gasteiger partial charge < -0.3 is 10.7 Å². The number of aromatic nitrogens is 2. The van der Waals surface area contributed by atoms with Crippen LogP contribution in [0.15, 0.2) is 30.5 Å². The van der Waals surface area contributed by atoms with Crippen LogP contribution in [0.25, 0.3) is 11.3 Å². The van der Waals surface area contributed by atoms with Crippen LogP contribution in [0.3, 0.4) is 0 Å². The summed E-state index contributed by atoms with van der Waals surface area (Å²) in [5.41, 5.74) is 7.59. The molecule has 0 fully saturated rings. The van der Waals surface area contributed by atoms with Crippen LogP contribution in [0.5, 0.6) is 0 Å². The number of H-pyrrole nitrogens is 1. The number of imidazole rings is 1. The third kappa shape index (κ3) is 2.87. The van der Waals surface area contributed by atoms with Gasteiger partial charge in [0.2, 0.25) is 0 Å². The smallest absolute Gasteiger partial charge is 0.109 e. The lowest BCUT2D eigenvalue weighted by Gasteiger charge is -2.05. The van der Waals surface area contributed by atoms with Crippen molar-refractivity contribution in [1.29, 1.82) is 0 Å². The Labute approximate surface area is 106 Å². The number of halogens is 1. The largest absolute Gasteiger partial charge is 0.342 e. The lowest BCUT2D eigenvalue weighted by molar-refractivity contribution is 0.655. The van der Waals surface area contributed by atoms with Crippen molar-refractivity contribution in [2.75, 3.05) is 6.54 Å². The molecule has 17 heavy (non-hydrogen) atoms. The molecule has 1 aromatic carbocycles. The van der Waals surface area contributed by atoms with Crippen LogP contribution >= 0.6 is 11.6 Å². The molecule has 1 atom stereocenters. The third-order valence-corrected chi connectivity index (χ3v) is 3.03. The van der Waals surface area contributed by atoms with E-state index in [4.69, 9.17) is 17.3 Å². The van der Waals surface area contributed by atoms with Gasteiger partial charge >= 0.3 is 0 Å². The molecule has 0 aliphatic rings. The number of aromatic amines is 1. The Hall–Kier alpha value is -1.32. The van der Waals surface area contributed by atoms with Gasteiger partial charge in [0.05, 0.1) is 11.9 Å². The average molecular weight is 250 g/mol. The summed E-state index contributed by atoms with van der Waals surface area (Å²) in [6.07, 6.45) is 2.77. The second-order valence-corrected chi connectivity index (χ2v) is 4.61. The molecular weight excluding hydrogens is 234 g/mol. The molecule has 4 heteroatoms. The highest BCUT2D eigenvalue weighted by Gasteiger charge is 2.09. The van der Waals surface area contributed by atoms with Crippen LogP contribution < -0.4 is 5.73 Å². The first-order chi connectivity index (χ1) is 8.20. The molecule has 0 aliphatic heterocycles. The molecule has 0 aliphatic carbocycles. The Balaban J connectivity index is 2.23. The topological polar surface area (TPSA) is 54.7 Å². The highest BCUT2D eigenvalue weighted by Crippen LogP contribution is 2.23. The first-order valence-corrected chi connectivity index (χ1v) is 6.09. The zero-order valence-electron chi connectivity index (χ0n) is 9.78. The number of rotatable bonds is 4. The van der Waals surface area contributed by atoms with E-state index in [0.29, 0.717) is 12.5 Å². The van der Waals surface area contributed by atoms with Gasteiger partial charge in [-0.25, -0.2) is 4.98 Å². The molecule has 0 spiro atoms. The lowest BCUT2D eigenvalue weighted by atomic mass is 10.1. The van der Waals surface area contributed by atoms with Gasteiger partial charge in [-0.1, -0.05) is 30.7 Å². The number of hydrogen-bond donors (Lipinski definition) is 2. The van der Waals surface area contributed by atoms with E-state index in [2.05, 4.69) is 16.9 Å². The van der Waals surface area contributed by atoms with Crippen molar-refractivity contribution in [3.63, 3.8) is 0 Å². The summed E-state index contributed by atoms with van der Waals surface area (Å²) in [4.78, 5) is 7.70. The Bertz CT molecular complexity index is 493. The normalized spacial score (nSPS) is 12.6. The second kappa shape index (κ2) is 5.34. The van der Waals surface area contributed by atoms with E-state index in [1.54, 1.807) is 0 Å². The quantitative estimate of drug-likeness (QED) is 0.874. The molecular formula is C13H16ClN3. The zero-order chi connectivity index (χ0) is 12.3. The van der Waals surface area contributed by atoms with E-state index in [0.717, 1.165) is 28.5 Å². The molecule has 90 valence electrons. The van der Waals surface area contributed by atoms with E-state index in [1.165, 1.54) is 0 Å². The number of nitrogens with one attached hydrogen (secondary N) is 1. The maximum Gasteiger partial charge on any atom is 0.109 e. The van der Waals surface area contributed by atoms with Crippen molar-refractivity contribution in [3.05, 3.63) is 41.3 Å². The standard InChI is InChI=1S/C13H16ClN3/c1-9(5-6-15)13-16-8-12(17-13)10-3-2-4-11(14)7-10/h2-4,7-9H,5-6,15H2,1H3,(H,16,17). The van der Waals surface area contributed by atoms with Crippen LogP contribution in [0, 0.1) is 0 Å². The monoisotopic (exact) mass is 249 g/mol. The summed E-state index contributed by atoms with van der Waals surface area (Å²) in [7, 11) is 0. The summed E-state index contributed by atoms with van der Waals surface area (Å²) in [5.74, 6) is 1.33. The minimum atomic E-state index is 0.355. The molecule has 0 saturated carbocycles. The highest BCUT2D eigenvalue weighted by atomic mass is 35.5. The minimum absolute atomic E-state index is 0.355. The molecule has 0 radical (unpaired) electrons. The molecule has 1 aromatic heterocycles. The highest BCUT2D eigenvalue weighted by molar-refractivity contribution is 6.30. The fourth-order valence-corrected chi connectivity index (χ4v) is 1.97. The predicted molar refractivity (Wildman–Crippen MR) is 71.1 cm³/mol. The van der Waals surface area contributed by atoms with E-state index >= 15 is 0 Å². The predicted octanol–water partition coefficient (Wildman–Crippen LogP) is 3.18. The lowest BCUT2D eigenvalue weighted by Crippen LogP contribution is -2.05. The van der Waals surface area contributed by atoms with Gasteiger partial charge in [0, 0.05) is 16.5 Å². The van der Waals surface area contributed by atoms with Gasteiger partial charge in [-0.2, -0.15) is 0 Å². The van der Waals surface area contributed by atoms with Gasteiger partial charge in [0.1, 0.15) is 5.82 Å². The van der Waals surface area contributed by atoms with Crippen molar-refractivity contribution < 1.29 is 0 Å². The minimum Gasteiger partial charge on any atom is -0.342 e. The molecule has 3 nitrogen and oxygen atoms in total. The average Bonchev–Trinajstić information content (AvgIpc) is 2.78. The van der Waals surface area contributed by atoms with E-state index in [9.17, 15) is 0 Å². The SMILES string of the molecule is CC(CCN)c1ncc(-c2cccc(Cl)c2)[nH]1. The number of benzene rings is 1. The van der Waals surface area contributed by atoms with E-state index < -0.39 is 0 Å². The first kappa shape index (κ1) is 12.1. The van der Waals surface area contributed by atoms with E-state index in [-0.39, 0.29) is 0 Å². The Kier molecular flexibility index (Phi) is 3.82. The molecule has 1 heterocycles. The van der Waals surface area contributed by atoms with Crippen LogP contribution in [0.4, 0.5) is 0 Å².